The Hall–Kier alpha value is -0.570. The summed E-state index contributed by atoms with van der Waals surface area (Å²) < 4.78 is 5.44. The maximum atomic E-state index is 11.9. The highest BCUT2D eigenvalue weighted by Crippen LogP contribution is 2.22. The molecular weight excluding hydrogens is 419 g/mol. The lowest BCUT2D eigenvalue weighted by molar-refractivity contribution is -0.127. The van der Waals surface area contributed by atoms with Crippen LogP contribution in [-0.2, 0) is 9.53 Å². The molecule has 140 valence electrons. The maximum Gasteiger partial charge on any atom is 0.243 e. The second-order valence-corrected chi connectivity index (χ2v) is 7.23. The first-order chi connectivity index (χ1) is 11.0. The normalized spacial score (nSPS) is 27.6. The summed E-state index contributed by atoms with van der Waals surface area (Å²) in [5.74, 6) is 2.86. The van der Waals surface area contributed by atoms with Gasteiger partial charge in [0.15, 0.2) is 5.96 Å². The van der Waals surface area contributed by atoms with Crippen LogP contribution < -0.4 is 5.32 Å². The summed E-state index contributed by atoms with van der Waals surface area (Å²) in [5, 5.41) is 3.49. The minimum atomic E-state index is 0. The van der Waals surface area contributed by atoms with Gasteiger partial charge in [0, 0.05) is 46.3 Å². The number of piperidine rings is 1. The molecule has 2 aliphatic rings. The van der Waals surface area contributed by atoms with E-state index in [0.717, 1.165) is 51.1 Å². The maximum absolute atomic E-state index is 11.9. The quantitative estimate of drug-likeness (QED) is 0.401. The number of carbonyl (C=O) groups excluding carboxylic acids is 1. The molecule has 2 saturated heterocycles. The highest BCUT2D eigenvalue weighted by atomic mass is 127. The standard InChI is InChI=1S/C17H32N4O2.HI/c1-13-5-7-21(11-14(13)2)17(19-10-16(22)20(3)4)18-9-15-6-8-23-12-15;/h13-15H,5-12H2,1-4H3,(H,18,19);1H. The predicted octanol–water partition coefficient (Wildman–Crippen LogP) is 1.65. The lowest BCUT2D eigenvalue weighted by atomic mass is 9.89. The number of nitrogens with one attached hydrogen (secondary N) is 1. The summed E-state index contributed by atoms with van der Waals surface area (Å²) in [6.45, 7) is 9.38. The van der Waals surface area contributed by atoms with Crippen LogP contribution in [0.15, 0.2) is 4.99 Å². The third kappa shape index (κ3) is 6.38. The van der Waals surface area contributed by atoms with Gasteiger partial charge in [-0.05, 0) is 24.7 Å². The molecule has 0 bridgehead atoms. The Balaban J connectivity index is 0.00000288. The lowest BCUT2D eigenvalue weighted by Gasteiger charge is -2.37. The lowest BCUT2D eigenvalue weighted by Crippen LogP contribution is -2.49. The summed E-state index contributed by atoms with van der Waals surface area (Å²) in [6.07, 6.45) is 2.28. The molecule has 6 nitrogen and oxygen atoms in total. The summed E-state index contributed by atoms with van der Waals surface area (Å²) in [6, 6.07) is 0. The van der Waals surface area contributed by atoms with Crippen LogP contribution in [0.2, 0.25) is 0 Å². The Morgan fingerprint density at radius 2 is 2.04 bits per heavy atom. The molecule has 0 aromatic rings. The Bertz CT molecular complexity index is 425. The van der Waals surface area contributed by atoms with E-state index in [1.54, 1.807) is 19.0 Å². The molecule has 0 saturated carbocycles. The van der Waals surface area contributed by atoms with Crippen LogP contribution in [-0.4, -0.2) is 75.2 Å². The monoisotopic (exact) mass is 452 g/mol. The van der Waals surface area contributed by atoms with Gasteiger partial charge in [0.05, 0.1) is 6.61 Å². The average molecular weight is 452 g/mol. The molecular formula is C17H33IN4O2. The number of rotatable bonds is 4. The second kappa shape index (κ2) is 10.4. The molecule has 2 aliphatic heterocycles. The Kier molecular flexibility index (Phi) is 9.33. The number of hydrogen-bond acceptors (Lipinski definition) is 3. The molecule has 0 spiro atoms. The van der Waals surface area contributed by atoms with Crippen molar-refractivity contribution in [3.05, 3.63) is 0 Å². The molecule has 0 radical (unpaired) electrons. The van der Waals surface area contributed by atoms with E-state index < -0.39 is 0 Å². The number of amides is 1. The van der Waals surface area contributed by atoms with Crippen molar-refractivity contribution in [2.75, 3.05) is 53.5 Å². The summed E-state index contributed by atoms with van der Waals surface area (Å²) in [5.41, 5.74) is 0. The molecule has 3 unspecified atom stereocenters. The summed E-state index contributed by atoms with van der Waals surface area (Å²) in [4.78, 5) is 20.3. The van der Waals surface area contributed by atoms with Crippen molar-refractivity contribution in [2.24, 2.45) is 22.7 Å². The minimum Gasteiger partial charge on any atom is -0.381 e. The van der Waals surface area contributed by atoms with Crippen LogP contribution in [0.3, 0.4) is 0 Å². The number of likely N-dealkylation sites (N-methyl/N-ethyl adjacent to an activating group) is 1. The van der Waals surface area contributed by atoms with Crippen molar-refractivity contribution < 1.29 is 9.53 Å². The zero-order valence-electron chi connectivity index (χ0n) is 15.5. The van der Waals surface area contributed by atoms with Crippen molar-refractivity contribution >= 4 is 35.8 Å². The molecule has 1 amide bonds. The topological polar surface area (TPSA) is 57.2 Å². The van der Waals surface area contributed by atoms with Crippen LogP contribution >= 0.6 is 24.0 Å². The molecule has 0 aliphatic carbocycles. The highest BCUT2D eigenvalue weighted by Gasteiger charge is 2.26. The van der Waals surface area contributed by atoms with Crippen molar-refractivity contribution in [1.29, 1.82) is 0 Å². The Labute approximate surface area is 163 Å². The van der Waals surface area contributed by atoms with Crippen molar-refractivity contribution in [2.45, 2.75) is 26.7 Å². The van der Waals surface area contributed by atoms with Crippen LogP contribution in [0.25, 0.3) is 0 Å². The average Bonchev–Trinajstić information content (AvgIpc) is 3.03. The number of nitrogens with zero attached hydrogens (tertiary/aromatic N) is 3. The number of likely N-dealkylation sites (tertiary alicyclic amines) is 1. The van der Waals surface area contributed by atoms with Gasteiger partial charge >= 0.3 is 0 Å². The van der Waals surface area contributed by atoms with Gasteiger partial charge in [0.2, 0.25) is 5.91 Å². The summed E-state index contributed by atoms with van der Waals surface area (Å²) in [7, 11) is 3.54. The predicted molar refractivity (Wildman–Crippen MR) is 108 cm³/mol. The van der Waals surface area contributed by atoms with Gasteiger partial charge in [-0.15, -0.1) is 24.0 Å². The number of carbonyl (C=O) groups is 1. The SMILES string of the molecule is CC1CCN(C(=NCC(=O)N(C)C)NCC2CCOC2)CC1C.I. The van der Waals surface area contributed by atoms with E-state index in [0.29, 0.717) is 11.8 Å². The van der Waals surface area contributed by atoms with E-state index in [1.165, 1.54) is 6.42 Å². The molecule has 0 aromatic carbocycles. The number of hydrogen-bond donors (Lipinski definition) is 1. The number of halogens is 1. The second-order valence-electron chi connectivity index (χ2n) is 7.23. The van der Waals surface area contributed by atoms with Crippen LogP contribution in [0, 0.1) is 17.8 Å². The third-order valence-electron chi connectivity index (χ3n) is 5.07. The fourth-order valence-electron chi connectivity index (χ4n) is 2.99. The van der Waals surface area contributed by atoms with Gasteiger partial charge < -0.3 is 19.9 Å². The summed E-state index contributed by atoms with van der Waals surface area (Å²) >= 11 is 0. The first kappa shape index (κ1) is 21.5. The number of ether oxygens (including phenoxy) is 1. The molecule has 7 heteroatoms. The Morgan fingerprint density at radius 1 is 1.29 bits per heavy atom. The molecule has 2 fully saturated rings. The largest absolute Gasteiger partial charge is 0.381 e. The van der Waals surface area contributed by atoms with Gasteiger partial charge in [-0.25, -0.2) is 4.99 Å². The number of aliphatic imine (C=N–C) groups is 1. The molecule has 3 atom stereocenters. The van der Waals surface area contributed by atoms with Crippen LogP contribution in [0.5, 0.6) is 0 Å². The fraction of sp³-hybridized carbons (Fsp3) is 0.882. The van der Waals surface area contributed by atoms with E-state index in [4.69, 9.17) is 4.74 Å². The zero-order valence-corrected chi connectivity index (χ0v) is 17.8. The smallest absolute Gasteiger partial charge is 0.243 e. The third-order valence-corrected chi connectivity index (χ3v) is 5.07. The van der Waals surface area contributed by atoms with Gasteiger partial charge in [0.1, 0.15) is 6.54 Å². The molecule has 24 heavy (non-hydrogen) atoms. The van der Waals surface area contributed by atoms with Gasteiger partial charge in [-0.2, -0.15) is 0 Å². The zero-order chi connectivity index (χ0) is 16.8. The molecule has 2 heterocycles. The Morgan fingerprint density at radius 3 is 2.62 bits per heavy atom. The molecule has 1 N–H and O–H groups in total. The molecule has 0 aromatic heterocycles. The number of guanidine groups is 1. The minimum absolute atomic E-state index is 0. The van der Waals surface area contributed by atoms with Crippen molar-refractivity contribution in [3.8, 4) is 0 Å². The van der Waals surface area contributed by atoms with Crippen molar-refractivity contribution in [3.63, 3.8) is 0 Å². The van der Waals surface area contributed by atoms with E-state index in [-0.39, 0.29) is 36.4 Å². The van der Waals surface area contributed by atoms with E-state index in [2.05, 4.69) is 29.1 Å². The van der Waals surface area contributed by atoms with Gasteiger partial charge in [-0.3, -0.25) is 4.79 Å². The molecule has 2 rings (SSSR count). The van der Waals surface area contributed by atoms with E-state index >= 15 is 0 Å². The first-order valence-corrected chi connectivity index (χ1v) is 8.78. The first-order valence-electron chi connectivity index (χ1n) is 8.78. The van der Waals surface area contributed by atoms with Crippen LogP contribution in [0.4, 0.5) is 0 Å². The highest BCUT2D eigenvalue weighted by molar-refractivity contribution is 14.0. The fourth-order valence-corrected chi connectivity index (χ4v) is 2.99. The van der Waals surface area contributed by atoms with E-state index in [9.17, 15) is 4.79 Å². The van der Waals surface area contributed by atoms with Crippen LogP contribution in [0.1, 0.15) is 26.7 Å². The van der Waals surface area contributed by atoms with Gasteiger partial charge in [-0.1, -0.05) is 13.8 Å². The van der Waals surface area contributed by atoms with Crippen molar-refractivity contribution in [1.82, 2.24) is 15.1 Å². The van der Waals surface area contributed by atoms with Gasteiger partial charge in [0.25, 0.3) is 0 Å². The van der Waals surface area contributed by atoms with E-state index in [1.807, 2.05) is 0 Å².